The molecule has 1 aromatic carbocycles. The molecule has 0 aliphatic heterocycles. The van der Waals surface area contributed by atoms with Crippen molar-refractivity contribution in [3.63, 3.8) is 0 Å². The number of aromatic nitrogens is 1. The Balaban J connectivity index is 1.50. The first-order valence-electron chi connectivity index (χ1n) is 8.79. The molecule has 0 radical (unpaired) electrons. The van der Waals surface area contributed by atoms with Crippen LogP contribution in [0.15, 0.2) is 28.8 Å². The van der Waals surface area contributed by atoms with Crippen LogP contribution >= 0.6 is 11.8 Å². The Morgan fingerprint density at radius 2 is 2.08 bits per heavy atom. The highest BCUT2D eigenvalue weighted by Gasteiger charge is 2.18. The van der Waals surface area contributed by atoms with Crippen LogP contribution in [0.25, 0.3) is 0 Å². The second-order valence-corrected chi connectivity index (χ2v) is 7.79. The Hall–Kier alpha value is -2.28. The number of aryl methyl sites for hydroxylation is 2. The van der Waals surface area contributed by atoms with Gasteiger partial charge in [0, 0.05) is 11.8 Å². The average Bonchev–Trinajstić information content (AvgIpc) is 3.04. The van der Waals surface area contributed by atoms with Gasteiger partial charge in [0.15, 0.2) is 5.82 Å². The van der Waals surface area contributed by atoms with E-state index < -0.39 is 0 Å². The number of carbonyl (C=O) groups is 2. The smallest absolute Gasteiger partial charge is 0.238 e. The van der Waals surface area contributed by atoms with Crippen LogP contribution in [0.1, 0.15) is 36.7 Å². The van der Waals surface area contributed by atoms with Gasteiger partial charge >= 0.3 is 0 Å². The molecule has 0 spiro atoms. The highest BCUT2D eigenvalue weighted by Crippen LogP contribution is 2.28. The fourth-order valence-electron chi connectivity index (χ4n) is 3.01. The van der Waals surface area contributed by atoms with Gasteiger partial charge in [0.1, 0.15) is 5.76 Å². The second kappa shape index (κ2) is 8.40. The standard InChI is InChI=1S/C19H23N3O3S/c1-12-10-17(22-25-12)21-19(24)13(2)26-11-18(23)20-16-9-5-7-14-6-3-4-8-15(14)16/h5,7,9-10,13H,3-4,6,8,11H2,1-2H3,(H,20,23)(H,21,22,24). The molecule has 2 amide bonds. The zero-order valence-corrected chi connectivity index (χ0v) is 15.8. The van der Waals surface area contributed by atoms with Crippen LogP contribution in [0, 0.1) is 6.92 Å². The predicted molar refractivity (Wildman–Crippen MR) is 104 cm³/mol. The highest BCUT2D eigenvalue weighted by atomic mass is 32.2. The Bertz CT molecular complexity index is 803. The number of amides is 2. The lowest BCUT2D eigenvalue weighted by atomic mass is 9.90. The summed E-state index contributed by atoms with van der Waals surface area (Å²) in [5.74, 6) is 0.946. The lowest BCUT2D eigenvalue weighted by Crippen LogP contribution is -2.25. The number of rotatable bonds is 6. The Kier molecular flexibility index (Phi) is 5.98. The van der Waals surface area contributed by atoms with Crippen LogP contribution in [0.4, 0.5) is 11.5 Å². The Labute approximate surface area is 157 Å². The van der Waals surface area contributed by atoms with E-state index in [1.807, 2.05) is 12.1 Å². The third kappa shape index (κ3) is 4.66. The minimum atomic E-state index is -0.373. The number of benzene rings is 1. The van der Waals surface area contributed by atoms with E-state index in [0.29, 0.717) is 11.6 Å². The maximum atomic E-state index is 12.3. The molecule has 7 heteroatoms. The molecule has 1 aliphatic carbocycles. The van der Waals surface area contributed by atoms with Gasteiger partial charge in [0.25, 0.3) is 0 Å². The van der Waals surface area contributed by atoms with Crippen molar-refractivity contribution >= 4 is 35.1 Å². The van der Waals surface area contributed by atoms with Gasteiger partial charge in [0.05, 0.1) is 11.0 Å². The number of anilines is 2. The van der Waals surface area contributed by atoms with Crippen molar-refractivity contribution in [3.8, 4) is 0 Å². The minimum absolute atomic E-state index is 0.0918. The fraction of sp³-hybridized carbons (Fsp3) is 0.421. The first-order valence-corrected chi connectivity index (χ1v) is 9.84. The third-order valence-electron chi connectivity index (χ3n) is 4.38. The summed E-state index contributed by atoms with van der Waals surface area (Å²) >= 11 is 1.29. The fourth-order valence-corrected chi connectivity index (χ4v) is 3.70. The van der Waals surface area contributed by atoms with Crippen molar-refractivity contribution in [1.82, 2.24) is 5.16 Å². The maximum Gasteiger partial charge on any atom is 0.238 e. The quantitative estimate of drug-likeness (QED) is 0.809. The summed E-state index contributed by atoms with van der Waals surface area (Å²) in [7, 11) is 0. The van der Waals surface area contributed by atoms with Crippen LogP contribution in [0.5, 0.6) is 0 Å². The van der Waals surface area contributed by atoms with Crippen molar-refractivity contribution in [2.45, 2.75) is 44.8 Å². The van der Waals surface area contributed by atoms with E-state index in [1.54, 1.807) is 19.9 Å². The van der Waals surface area contributed by atoms with Crippen molar-refractivity contribution in [2.75, 3.05) is 16.4 Å². The van der Waals surface area contributed by atoms with Gasteiger partial charge in [-0.15, -0.1) is 11.8 Å². The highest BCUT2D eigenvalue weighted by molar-refractivity contribution is 8.01. The molecule has 1 aromatic heterocycles. The molecule has 1 heterocycles. The number of thioether (sulfide) groups is 1. The van der Waals surface area contributed by atoms with Gasteiger partial charge in [-0.1, -0.05) is 17.3 Å². The summed E-state index contributed by atoms with van der Waals surface area (Å²) in [5.41, 5.74) is 3.49. The van der Waals surface area contributed by atoms with Gasteiger partial charge in [-0.05, 0) is 56.7 Å². The monoisotopic (exact) mass is 373 g/mol. The predicted octanol–water partition coefficient (Wildman–Crippen LogP) is 3.56. The van der Waals surface area contributed by atoms with E-state index in [1.165, 1.54) is 29.3 Å². The summed E-state index contributed by atoms with van der Waals surface area (Å²) in [5, 5.41) is 9.04. The number of carbonyl (C=O) groups excluding carboxylic acids is 2. The van der Waals surface area contributed by atoms with Crippen molar-refractivity contribution < 1.29 is 14.1 Å². The number of hydrogen-bond acceptors (Lipinski definition) is 5. The molecule has 0 fully saturated rings. The largest absolute Gasteiger partial charge is 0.360 e. The van der Waals surface area contributed by atoms with Gasteiger partial charge in [0.2, 0.25) is 11.8 Å². The molecule has 1 unspecified atom stereocenters. The van der Waals surface area contributed by atoms with E-state index in [-0.39, 0.29) is 22.8 Å². The van der Waals surface area contributed by atoms with Crippen molar-refractivity contribution in [2.24, 2.45) is 0 Å². The molecule has 1 atom stereocenters. The Morgan fingerprint density at radius 1 is 1.27 bits per heavy atom. The molecule has 3 rings (SSSR count). The molecule has 2 aromatic rings. The van der Waals surface area contributed by atoms with E-state index in [9.17, 15) is 9.59 Å². The SMILES string of the molecule is Cc1cc(NC(=O)C(C)SCC(=O)Nc2cccc3c2CCCC3)no1. The molecule has 138 valence electrons. The topological polar surface area (TPSA) is 84.2 Å². The molecule has 26 heavy (non-hydrogen) atoms. The second-order valence-electron chi connectivity index (χ2n) is 6.46. The number of nitrogens with one attached hydrogen (secondary N) is 2. The van der Waals surface area contributed by atoms with E-state index in [2.05, 4.69) is 21.9 Å². The third-order valence-corrected chi connectivity index (χ3v) is 5.53. The summed E-state index contributed by atoms with van der Waals surface area (Å²) in [4.78, 5) is 24.4. The lowest BCUT2D eigenvalue weighted by molar-refractivity contribution is -0.115. The molecule has 6 nitrogen and oxygen atoms in total. The molecular weight excluding hydrogens is 350 g/mol. The normalized spacial score (nSPS) is 14.4. The minimum Gasteiger partial charge on any atom is -0.360 e. The lowest BCUT2D eigenvalue weighted by Gasteiger charge is -2.19. The first-order chi connectivity index (χ1) is 12.5. The maximum absolute atomic E-state index is 12.3. The van der Waals surface area contributed by atoms with Crippen LogP contribution in [0.2, 0.25) is 0 Å². The summed E-state index contributed by atoms with van der Waals surface area (Å²) in [6, 6.07) is 7.73. The van der Waals surface area contributed by atoms with Gasteiger partial charge in [-0.3, -0.25) is 9.59 Å². The van der Waals surface area contributed by atoms with Crippen molar-refractivity contribution in [3.05, 3.63) is 41.2 Å². The molecule has 1 aliphatic rings. The Morgan fingerprint density at radius 3 is 2.85 bits per heavy atom. The number of hydrogen-bond donors (Lipinski definition) is 2. The molecule has 0 bridgehead atoms. The van der Waals surface area contributed by atoms with Gasteiger partial charge in [-0.2, -0.15) is 0 Å². The van der Waals surface area contributed by atoms with Crippen LogP contribution in [-0.2, 0) is 22.4 Å². The van der Waals surface area contributed by atoms with Gasteiger partial charge in [-0.25, -0.2) is 0 Å². The van der Waals surface area contributed by atoms with Crippen LogP contribution in [0.3, 0.4) is 0 Å². The summed E-state index contributed by atoms with van der Waals surface area (Å²) < 4.78 is 4.92. The zero-order chi connectivity index (χ0) is 18.5. The molecule has 2 N–H and O–H groups in total. The average molecular weight is 373 g/mol. The van der Waals surface area contributed by atoms with E-state index >= 15 is 0 Å². The summed E-state index contributed by atoms with van der Waals surface area (Å²) in [6.07, 6.45) is 4.45. The summed E-state index contributed by atoms with van der Waals surface area (Å²) in [6.45, 7) is 3.53. The molecule has 0 saturated heterocycles. The van der Waals surface area contributed by atoms with E-state index in [4.69, 9.17) is 4.52 Å². The zero-order valence-electron chi connectivity index (χ0n) is 15.0. The van der Waals surface area contributed by atoms with Crippen LogP contribution in [-0.4, -0.2) is 28.0 Å². The van der Waals surface area contributed by atoms with E-state index in [0.717, 1.165) is 24.9 Å². The van der Waals surface area contributed by atoms with Gasteiger partial charge < -0.3 is 15.2 Å². The van der Waals surface area contributed by atoms with Crippen LogP contribution < -0.4 is 10.6 Å². The molecular formula is C19H23N3O3S. The number of nitrogens with zero attached hydrogens (tertiary/aromatic N) is 1. The number of fused-ring (bicyclic) bond motifs is 1. The first kappa shape index (κ1) is 18.5. The van der Waals surface area contributed by atoms with Crippen molar-refractivity contribution in [1.29, 1.82) is 0 Å². The molecule has 0 saturated carbocycles.